The summed E-state index contributed by atoms with van der Waals surface area (Å²) in [7, 11) is 4.92. The first-order valence-corrected chi connectivity index (χ1v) is 13.0. The quantitative estimate of drug-likeness (QED) is 0.316. The molecule has 1 unspecified atom stereocenters. The first-order chi connectivity index (χ1) is 17.1. The van der Waals surface area contributed by atoms with Crippen molar-refractivity contribution in [3.05, 3.63) is 53.1 Å². The molecular weight excluding hydrogens is 452 g/mol. The fourth-order valence-electron chi connectivity index (χ4n) is 4.55. The number of ether oxygens (including phenoxy) is 2. The van der Waals surface area contributed by atoms with Gasteiger partial charge in [0.1, 0.15) is 0 Å². The average Bonchev–Trinajstić information content (AvgIpc) is 2.85. The van der Waals surface area contributed by atoms with E-state index in [1.165, 1.54) is 0 Å². The van der Waals surface area contributed by atoms with E-state index in [1.807, 2.05) is 30.3 Å². The van der Waals surface area contributed by atoms with Crippen LogP contribution in [0.2, 0.25) is 0 Å². The lowest BCUT2D eigenvalue weighted by molar-refractivity contribution is -0.120. The van der Waals surface area contributed by atoms with E-state index < -0.39 is 0 Å². The molecule has 0 aliphatic heterocycles. The van der Waals surface area contributed by atoms with Crippen molar-refractivity contribution in [2.24, 2.45) is 0 Å². The Bertz CT molecular complexity index is 1010. The van der Waals surface area contributed by atoms with Gasteiger partial charge in [0, 0.05) is 31.1 Å². The minimum absolute atomic E-state index is 0.00245. The number of unbranched alkanes of at least 4 members (excludes halogenated alkanes) is 2. The number of rotatable bonds is 13. The highest BCUT2D eigenvalue weighted by molar-refractivity contribution is 5.92. The van der Waals surface area contributed by atoms with Gasteiger partial charge in [-0.2, -0.15) is 0 Å². The Balaban J connectivity index is 2.32. The summed E-state index contributed by atoms with van der Waals surface area (Å²) in [6.45, 7) is 8.59. The summed E-state index contributed by atoms with van der Waals surface area (Å²) in [5, 5.41) is 5.87. The van der Waals surface area contributed by atoms with Crippen LogP contribution in [0.25, 0.3) is 0 Å². The van der Waals surface area contributed by atoms with Crippen LogP contribution >= 0.6 is 0 Å². The molecule has 6 heteroatoms. The normalized spacial score (nSPS) is 12.1. The Labute approximate surface area is 217 Å². The van der Waals surface area contributed by atoms with Crippen molar-refractivity contribution in [3.63, 3.8) is 0 Å². The maximum Gasteiger partial charge on any atom is 0.224 e. The first-order valence-electron chi connectivity index (χ1n) is 13.0. The Morgan fingerprint density at radius 3 is 2.36 bits per heavy atom. The molecule has 2 rings (SSSR count). The zero-order valence-electron chi connectivity index (χ0n) is 23.1. The first kappa shape index (κ1) is 29.2. The fourth-order valence-corrected chi connectivity index (χ4v) is 4.55. The van der Waals surface area contributed by atoms with Crippen LogP contribution in [0.15, 0.2) is 36.4 Å². The third-order valence-electron chi connectivity index (χ3n) is 6.55. The average molecular weight is 497 g/mol. The number of anilines is 1. The van der Waals surface area contributed by atoms with Crippen molar-refractivity contribution < 1.29 is 19.1 Å². The molecular formula is C30H44N2O4. The number of hydrogen-bond donors (Lipinski definition) is 2. The molecule has 0 aromatic heterocycles. The summed E-state index contributed by atoms with van der Waals surface area (Å²) >= 11 is 0. The van der Waals surface area contributed by atoms with Crippen LogP contribution in [-0.4, -0.2) is 33.1 Å². The highest BCUT2D eigenvalue weighted by Crippen LogP contribution is 2.39. The molecule has 6 nitrogen and oxygen atoms in total. The van der Waals surface area contributed by atoms with Gasteiger partial charge in [0.25, 0.3) is 0 Å². The molecule has 0 saturated heterocycles. The lowest BCUT2D eigenvalue weighted by Crippen LogP contribution is -2.21. The fraction of sp³-hybridized carbons (Fsp3) is 0.533. The number of amides is 2. The SMILES string of the molecule is CCCCCC(CC(=O)Nc1cc(CCC(=O)NC)ccc1C(C)(C)C)c1cccc(OC)c1OC. The monoisotopic (exact) mass is 496 g/mol. The van der Waals surface area contributed by atoms with E-state index in [9.17, 15) is 9.59 Å². The lowest BCUT2D eigenvalue weighted by Gasteiger charge is -2.25. The van der Waals surface area contributed by atoms with Crippen LogP contribution < -0.4 is 20.1 Å². The zero-order chi connectivity index (χ0) is 26.7. The van der Waals surface area contributed by atoms with Crippen molar-refractivity contribution in [2.75, 3.05) is 26.6 Å². The van der Waals surface area contributed by atoms with E-state index in [1.54, 1.807) is 21.3 Å². The molecule has 1 atom stereocenters. The molecule has 0 heterocycles. The van der Waals surface area contributed by atoms with Gasteiger partial charge in [-0.1, -0.05) is 71.2 Å². The second kappa shape index (κ2) is 13.9. The highest BCUT2D eigenvalue weighted by Gasteiger charge is 2.24. The molecule has 0 saturated carbocycles. The molecule has 0 spiro atoms. The number of benzene rings is 2. The number of methoxy groups -OCH3 is 2. The van der Waals surface area contributed by atoms with E-state index >= 15 is 0 Å². The number of carbonyl (C=O) groups is 2. The van der Waals surface area contributed by atoms with Gasteiger partial charge in [-0.05, 0) is 47.4 Å². The minimum atomic E-state index is -0.140. The molecule has 0 aliphatic carbocycles. The van der Waals surface area contributed by atoms with E-state index in [-0.39, 0.29) is 23.1 Å². The largest absolute Gasteiger partial charge is 0.493 e. The molecule has 36 heavy (non-hydrogen) atoms. The zero-order valence-corrected chi connectivity index (χ0v) is 23.1. The second-order valence-corrected chi connectivity index (χ2v) is 10.3. The van der Waals surface area contributed by atoms with Crippen molar-refractivity contribution in [3.8, 4) is 11.5 Å². The van der Waals surface area contributed by atoms with Gasteiger partial charge < -0.3 is 20.1 Å². The Morgan fingerprint density at radius 1 is 1.00 bits per heavy atom. The van der Waals surface area contributed by atoms with Crippen LogP contribution in [0.4, 0.5) is 5.69 Å². The van der Waals surface area contributed by atoms with Crippen LogP contribution in [0.3, 0.4) is 0 Å². The number of nitrogens with one attached hydrogen (secondary N) is 2. The summed E-state index contributed by atoms with van der Waals surface area (Å²) in [6, 6.07) is 12.0. The van der Waals surface area contributed by atoms with Crippen molar-refractivity contribution in [1.82, 2.24) is 5.32 Å². The van der Waals surface area contributed by atoms with Crippen LogP contribution in [-0.2, 0) is 21.4 Å². The summed E-state index contributed by atoms with van der Waals surface area (Å²) in [6.07, 6.45) is 5.54. The Morgan fingerprint density at radius 2 is 1.75 bits per heavy atom. The number of para-hydroxylation sites is 1. The standard InChI is InChI=1S/C30H44N2O4/c1-8-9-10-12-22(23-13-11-14-26(35-6)29(23)36-7)20-28(34)32-25-19-21(16-18-27(33)31-5)15-17-24(25)30(2,3)4/h11,13-15,17,19,22H,8-10,12,16,18,20H2,1-7H3,(H,31,33)(H,32,34). The van der Waals surface area contributed by atoms with Gasteiger partial charge in [0.05, 0.1) is 14.2 Å². The van der Waals surface area contributed by atoms with E-state index in [2.05, 4.69) is 44.4 Å². The van der Waals surface area contributed by atoms with Gasteiger partial charge in [-0.15, -0.1) is 0 Å². The predicted octanol–water partition coefficient (Wildman–Crippen LogP) is 6.37. The molecule has 2 N–H and O–H groups in total. The lowest BCUT2D eigenvalue weighted by atomic mass is 9.84. The van der Waals surface area contributed by atoms with E-state index in [4.69, 9.17) is 9.47 Å². The Hall–Kier alpha value is -3.02. The summed E-state index contributed by atoms with van der Waals surface area (Å²) in [5.74, 6) is 1.35. The Kier molecular flexibility index (Phi) is 11.3. The van der Waals surface area contributed by atoms with Crippen LogP contribution in [0, 0.1) is 0 Å². The summed E-state index contributed by atoms with van der Waals surface area (Å²) < 4.78 is 11.2. The van der Waals surface area contributed by atoms with Gasteiger partial charge in [-0.25, -0.2) is 0 Å². The second-order valence-electron chi connectivity index (χ2n) is 10.3. The van der Waals surface area contributed by atoms with Gasteiger partial charge >= 0.3 is 0 Å². The number of hydrogen-bond acceptors (Lipinski definition) is 4. The highest BCUT2D eigenvalue weighted by atomic mass is 16.5. The topological polar surface area (TPSA) is 76.7 Å². The minimum Gasteiger partial charge on any atom is -0.493 e. The third kappa shape index (κ3) is 8.28. The molecule has 0 fully saturated rings. The van der Waals surface area contributed by atoms with Gasteiger partial charge in [-0.3, -0.25) is 9.59 Å². The van der Waals surface area contributed by atoms with Gasteiger partial charge in [0.15, 0.2) is 11.5 Å². The van der Waals surface area contributed by atoms with E-state index in [0.29, 0.717) is 30.8 Å². The third-order valence-corrected chi connectivity index (χ3v) is 6.55. The summed E-state index contributed by atoms with van der Waals surface area (Å²) in [5.41, 5.74) is 3.76. The van der Waals surface area contributed by atoms with Crippen molar-refractivity contribution >= 4 is 17.5 Å². The van der Waals surface area contributed by atoms with Crippen LogP contribution in [0.1, 0.15) is 88.8 Å². The maximum absolute atomic E-state index is 13.4. The molecule has 2 aromatic carbocycles. The molecule has 0 bridgehead atoms. The summed E-state index contributed by atoms with van der Waals surface area (Å²) in [4.78, 5) is 25.2. The molecule has 0 aliphatic rings. The van der Waals surface area contributed by atoms with Gasteiger partial charge in [0.2, 0.25) is 11.8 Å². The molecule has 2 amide bonds. The van der Waals surface area contributed by atoms with Crippen molar-refractivity contribution in [2.45, 2.75) is 84.0 Å². The molecule has 2 aromatic rings. The number of aryl methyl sites for hydroxylation is 1. The smallest absolute Gasteiger partial charge is 0.224 e. The van der Waals surface area contributed by atoms with Crippen LogP contribution in [0.5, 0.6) is 11.5 Å². The van der Waals surface area contributed by atoms with Crippen molar-refractivity contribution in [1.29, 1.82) is 0 Å². The maximum atomic E-state index is 13.4. The molecule has 0 radical (unpaired) electrons. The molecule has 198 valence electrons. The predicted molar refractivity (Wildman–Crippen MR) is 147 cm³/mol. The van der Waals surface area contributed by atoms with E-state index in [0.717, 1.165) is 48.1 Å². The number of carbonyl (C=O) groups excluding carboxylic acids is 2.